The van der Waals surface area contributed by atoms with E-state index in [1.165, 1.54) is 35.5 Å². The summed E-state index contributed by atoms with van der Waals surface area (Å²) in [4.78, 5) is 5.24. The van der Waals surface area contributed by atoms with Gasteiger partial charge in [-0.1, -0.05) is 0 Å². The molecule has 0 atom stereocenters. The third kappa shape index (κ3) is 4.10. The van der Waals surface area contributed by atoms with Gasteiger partial charge >= 0.3 is 0 Å². The Hall–Kier alpha value is -0.800. The monoisotopic (exact) mass is 343 g/mol. The summed E-state index contributed by atoms with van der Waals surface area (Å²) in [6.07, 6.45) is 4.20. The zero-order valence-corrected chi connectivity index (χ0v) is 14.1. The molecule has 114 valence electrons. The maximum atomic E-state index is 12.2. The highest BCUT2D eigenvalue weighted by Gasteiger charge is 2.21. The van der Waals surface area contributed by atoms with Crippen molar-refractivity contribution in [3.8, 4) is 0 Å². The molecule has 1 aliphatic rings. The molecule has 0 amide bonds. The lowest BCUT2D eigenvalue weighted by Gasteiger charge is -2.02. The van der Waals surface area contributed by atoms with Crippen LogP contribution in [-0.2, 0) is 23.1 Å². The van der Waals surface area contributed by atoms with Crippen LogP contribution in [0.2, 0.25) is 0 Å². The highest BCUT2D eigenvalue weighted by Crippen LogP contribution is 2.23. The van der Waals surface area contributed by atoms with Crippen LogP contribution >= 0.6 is 22.7 Å². The van der Waals surface area contributed by atoms with Crippen LogP contribution in [0.4, 0.5) is 0 Å². The summed E-state index contributed by atoms with van der Waals surface area (Å²) < 4.78 is 27.4. The van der Waals surface area contributed by atoms with E-state index < -0.39 is 10.0 Å². The first-order valence-electron chi connectivity index (χ1n) is 6.75. The predicted octanol–water partition coefficient (Wildman–Crippen LogP) is 2.24. The summed E-state index contributed by atoms with van der Waals surface area (Å²) in [6, 6.07) is 2.37. The van der Waals surface area contributed by atoms with Gasteiger partial charge in [0.05, 0.1) is 6.54 Å². The van der Waals surface area contributed by atoms with Crippen molar-refractivity contribution in [2.75, 3.05) is 0 Å². The first-order chi connectivity index (χ1) is 10.0. The summed E-state index contributed by atoms with van der Waals surface area (Å²) in [6.45, 7) is 2.94. The van der Waals surface area contributed by atoms with Crippen LogP contribution in [0.15, 0.2) is 21.9 Å². The minimum absolute atomic E-state index is 0.244. The molecule has 0 aliphatic heterocycles. The highest BCUT2D eigenvalue weighted by atomic mass is 32.2. The van der Waals surface area contributed by atoms with Gasteiger partial charge < -0.3 is 5.32 Å². The quantitative estimate of drug-likeness (QED) is 0.809. The molecule has 2 heterocycles. The minimum atomic E-state index is -3.44. The molecule has 3 rings (SSSR count). The SMILES string of the molecule is Cc1cnc(CNS(=O)(=O)c2cc(CNC3CC3)cs2)s1. The fourth-order valence-electron chi connectivity index (χ4n) is 1.85. The van der Waals surface area contributed by atoms with E-state index >= 15 is 0 Å². The average Bonchev–Trinajstić information content (AvgIpc) is 2.97. The number of nitrogens with one attached hydrogen (secondary N) is 2. The molecular weight excluding hydrogens is 326 g/mol. The van der Waals surface area contributed by atoms with E-state index in [-0.39, 0.29) is 6.54 Å². The van der Waals surface area contributed by atoms with Gasteiger partial charge in [-0.15, -0.1) is 22.7 Å². The van der Waals surface area contributed by atoms with E-state index in [1.54, 1.807) is 12.3 Å². The van der Waals surface area contributed by atoms with Crippen molar-refractivity contribution in [2.45, 2.75) is 43.1 Å². The Labute approximate surface area is 132 Å². The number of rotatable bonds is 7. The number of sulfonamides is 1. The van der Waals surface area contributed by atoms with Crippen molar-refractivity contribution in [3.05, 3.63) is 33.1 Å². The second-order valence-electron chi connectivity index (χ2n) is 5.12. The maximum Gasteiger partial charge on any atom is 0.250 e. The number of aromatic nitrogens is 1. The topological polar surface area (TPSA) is 71.1 Å². The Morgan fingerprint density at radius 1 is 1.38 bits per heavy atom. The van der Waals surface area contributed by atoms with E-state index in [2.05, 4.69) is 15.0 Å². The van der Waals surface area contributed by atoms with Crippen molar-refractivity contribution in [1.82, 2.24) is 15.0 Å². The van der Waals surface area contributed by atoms with Gasteiger partial charge in [0.1, 0.15) is 9.22 Å². The lowest BCUT2D eigenvalue weighted by molar-refractivity contribution is 0.583. The maximum absolute atomic E-state index is 12.2. The molecule has 2 N–H and O–H groups in total. The van der Waals surface area contributed by atoms with Crippen molar-refractivity contribution in [2.24, 2.45) is 0 Å². The molecule has 1 fully saturated rings. The molecule has 2 aromatic rings. The zero-order chi connectivity index (χ0) is 14.9. The lowest BCUT2D eigenvalue weighted by Crippen LogP contribution is -2.22. The van der Waals surface area contributed by atoms with E-state index in [4.69, 9.17) is 0 Å². The van der Waals surface area contributed by atoms with Crippen molar-refractivity contribution >= 4 is 32.7 Å². The fourth-order valence-corrected chi connectivity index (χ4v) is 4.91. The van der Waals surface area contributed by atoms with Crippen LogP contribution < -0.4 is 10.0 Å². The lowest BCUT2D eigenvalue weighted by atomic mass is 10.3. The molecule has 21 heavy (non-hydrogen) atoms. The molecule has 1 aliphatic carbocycles. The molecule has 0 aromatic carbocycles. The van der Waals surface area contributed by atoms with E-state index in [9.17, 15) is 8.42 Å². The summed E-state index contributed by atoms with van der Waals surface area (Å²) >= 11 is 2.76. The van der Waals surface area contributed by atoms with Gasteiger partial charge in [0, 0.05) is 23.7 Å². The smallest absolute Gasteiger partial charge is 0.250 e. The fraction of sp³-hybridized carbons (Fsp3) is 0.462. The standard InChI is InChI=1S/C13H17N3O2S3/c1-9-5-15-12(20-9)7-16-21(17,18)13-4-10(8-19-13)6-14-11-2-3-11/h4-5,8,11,14,16H,2-3,6-7H2,1H3. The Morgan fingerprint density at radius 2 is 2.19 bits per heavy atom. The van der Waals surface area contributed by atoms with E-state index in [1.807, 2.05) is 12.3 Å². The molecule has 5 nitrogen and oxygen atoms in total. The average molecular weight is 343 g/mol. The molecule has 8 heteroatoms. The Bertz CT molecular complexity index is 717. The van der Waals surface area contributed by atoms with E-state index in [0.717, 1.165) is 22.0 Å². The molecule has 0 unspecified atom stereocenters. The van der Waals surface area contributed by atoms with Gasteiger partial charge in [0.25, 0.3) is 0 Å². The number of thiazole rings is 1. The van der Waals surface area contributed by atoms with Crippen molar-refractivity contribution < 1.29 is 8.42 Å². The molecule has 1 saturated carbocycles. The van der Waals surface area contributed by atoms with Crippen molar-refractivity contribution in [1.29, 1.82) is 0 Å². The van der Waals surface area contributed by atoms with Gasteiger partial charge in [-0.2, -0.15) is 0 Å². The van der Waals surface area contributed by atoms with Crippen LogP contribution in [0.1, 0.15) is 28.3 Å². The Balaban J connectivity index is 1.60. The third-order valence-electron chi connectivity index (χ3n) is 3.15. The highest BCUT2D eigenvalue weighted by molar-refractivity contribution is 7.91. The second kappa shape index (κ2) is 6.13. The van der Waals surface area contributed by atoms with Gasteiger partial charge in [-0.05, 0) is 36.8 Å². The Kier molecular flexibility index (Phi) is 4.41. The number of nitrogens with zero attached hydrogens (tertiary/aromatic N) is 1. The molecular formula is C13H17N3O2S3. The molecule has 2 aromatic heterocycles. The molecule has 0 radical (unpaired) electrons. The largest absolute Gasteiger partial charge is 0.310 e. The number of aryl methyl sites for hydroxylation is 1. The van der Waals surface area contributed by atoms with Crippen LogP contribution in [0.25, 0.3) is 0 Å². The van der Waals surface area contributed by atoms with Crippen LogP contribution in [0, 0.1) is 6.92 Å². The first kappa shape index (κ1) is 15.1. The number of hydrogen-bond donors (Lipinski definition) is 2. The zero-order valence-electron chi connectivity index (χ0n) is 11.6. The normalized spacial score (nSPS) is 15.5. The van der Waals surface area contributed by atoms with Gasteiger partial charge in [-0.3, -0.25) is 0 Å². The predicted molar refractivity (Wildman–Crippen MR) is 85.1 cm³/mol. The summed E-state index contributed by atoms with van der Waals surface area (Å²) in [5, 5.41) is 6.06. The van der Waals surface area contributed by atoms with Crippen LogP contribution in [0.3, 0.4) is 0 Å². The van der Waals surface area contributed by atoms with E-state index in [0.29, 0.717) is 10.3 Å². The van der Waals surface area contributed by atoms with Gasteiger partial charge in [0.15, 0.2) is 0 Å². The summed E-state index contributed by atoms with van der Waals surface area (Å²) in [5.41, 5.74) is 1.03. The number of thiophene rings is 1. The van der Waals surface area contributed by atoms with Gasteiger partial charge in [-0.25, -0.2) is 18.1 Å². The summed E-state index contributed by atoms with van der Waals surface area (Å²) in [7, 11) is -3.44. The molecule has 0 spiro atoms. The molecule has 0 saturated heterocycles. The van der Waals surface area contributed by atoms with Crippen LogP contribution in [0.5, 0.6) is 0 Å². The van der Waals surface area contributed by atoms with Gasteiger partial charge in [0.2, 0.25) is 10.0 Å². The third-order valence-corrected chi connectivity index (χ3v) is 6.95. The minimum Gasteiger partial charge on any atom is -0.310 e. The summed E-state index contributed by atoms with van der Waals surface area (Å²) in [5.74, 6) is 0. The first-order valence-corrected chi connectivity index (χ1v) is 9.92. The Morgan fingerprint density at radius 3 is 2.86 bits per heavy atom. The number of hydrogen-bond acceptors (Lipinski definition) is 6. The molecule has 0 bridgehead atoms. The second-order valence-corrected chi connectivity index (χ2v) is 9.34. The van der Waals surface area contributed by atoms with Crippen molar-refractivity contribution in [3.63, 3.8) is 0 Å². The van der Waals surface area contributed by atoms with Crippen LogP contribution in [-0.4, -0.2) is 19.4 Å².